The molecule has 0 amide bonds. The van der Waals surface area contributed by atoms with Gasteiger partial charge in [0.25, 0.3) is 5.56 Å². The largest absolute Gasteiger partial charge is 0.398 e. The van der Waals surface area contributed by atoms with E-state index in [9.17, 15) is 4.79 Å². The van der Waals surface area contributed by atoms with Gasteiger partial charge in [-0.25, -0.2) is 0 Å². The summed E-state index contributed by atoms with van der Waals surface area (Å²) in [6, 6.07) is 3.12. The first-order chi connectivity index (χ1) is 8.09. The van der Waals surface area contributed by atoms with Crippen LogP contribution in [0.2, 0.25) is 0 Å². The molecule has 0 radical (unpaired) electrons. The number of hydrogen-bond donors (Lipinski definition) is 1. The van der Waals surface area contributed by atoms with Gasteiger partial charge in [0, 0.05) is 37.7 Å². The minimum Gasteiger partial charge on any atom is -0.398 e. The molecule has 0 aliphatic heterocycles. The molecule has 0 atom stereocenters. The quantitative estimate of drug-likeness (QED) is 0.738. The lowest BCUT2D eigenvalue weighted by atomic mass is 10.1. The van der Waals surface area contributed by atoms with Crippen LogP contribution < -0.4 is 11.3 Å². The van der Waals surface area contributed by atoms with Crippen molar-refractivity contribution < 1.29 is 4.74 Å². The topological polar surface area (TPSA) is 57.2 Å². The van der Waals surface area contributed by atoms with Crippen LogP contribution in [0.25, 0.3) is 0 Å². The third-order valence-corrected chi connectivity index (χ3v) is 2.53. The number of nitrogen functional groups attached to an aromatic ring is 1. The Kier molecular flexibility index (Phi) is 5.77. The van der Waals surface area contributed by atoms with Crippen molar-refractivity contribution in [2.75, 3.05) is 18.9 Å². The summed E-state index contributed by atoms with van der Waals surface area (Å²) in [5, 5.41) is 0. The number of aromatic nitrogens is 1. The standard InChI is InChI=1S/C13H22N2O2/c1-11(2)6-9-17-8-3-7-15-10-12(14)4-5-13(15)16/h4-5,10-11H,3,6-9,14H2,1-2H3. The maximum absolute atomic E-state index is 11.4. The molecule has 2 N–H and O–H groups in total. The van der Waals surface area contributed by atoms with E-state index in [0.29, 0.717) is 24.8 Å². The van der Waals surface area contributed by atoms with Crippen molar-refractivity contribution >= 4 is 5.69 Å². The van der Waals surface area contributed by atoms with Gasteiger partial charge in [0.2, 0.25) is 0 Å². The van der Waals surface area contributed by atoms with Crippen LogP contribution in [0.15, 0.2) is 23.1 Å². The minimum absolute atomic E-state index is 0.0126. The van der Waals surface area contributed by atoms with Gasteiger partial charge in [-0.3, -0.25) is 4.79 Å². The zero-order chi connectivity index (χ0) is 12.7. The Morgan fingerprint density at radius 2 is 2.12 bits per heavy atom. The van der Waals surface area contributed by atoms with E-state index in [1.165, 1.54) is 6.07 Å². The number of nitrogens with zero attached hydrogens (tertiary/aromatic N) is 1. The van der Waals surface area contributed by atoms with Crippen LogP contribution in [0, 0.1) is 5.92 Å². The van der Waals surface area contributed by atoms with Gasteiger partial charge in [0.1, 0.15) is 0 Å². The van der Waals surface area contributed by atoms with Gasteiger partial charge in [-0.05, 0) is 24.8 Å². The molecule has 4 nitrogen and oxygen atoms in total. The fourth-order valence-electron chi connectivity index (χ4n) is 1.48. The summed E-state index contributed by atoms with van der Waals surface area (Å²) in [4.78, 5) is 11.4. The number of anilines is 1. The van der Waals surface area contributed by atoms with E-state index >= 15 is 0 Å². The fourth-order valence-corrected chi connectivity index (χ4v) is 1.48. The lowest BCUT2D eigenvalue weighted by Crippen LogP contribution is -2.19. The average Bonchev–Trinajstić information content (AvgIpc) is 2.27. The normalized spacial score (nSPS) is 11.0. The van der Waals surface area contributed by atoms with E-state index in [-0.39, 0.29) is 5.56 Å². The molecular formula is C13H22N2O2. The molecule has 96 valence electrons. The van der Waals surface area contributed by atoms with Crippen molar-refractivity contribution in [2.45, 2.75) is 33.2 Å². The van der Waals surface area contributed by atoms with Gasteiger partial charge in [0.05, 0.1) is 0 Å². The lowest BCUT2D eigenvalue weighted by molar-refractivity contribution is 0.118. The summed E-state index contributed by atoms with van der Waals surface area (Å²) in [6.07, 6.45) is 3.59. The van der Waals surface area contributed by atoms with Crippen LogP contribution in [0.1, 0.15) is 26.7 Å². The van der Waals surface area contributed by atoms with Crippen LogP contribution in [-0.4, -0.2) is 17.8 Å². The van der Waals surface area contributed by atoms with E-state index in [0.717, 1.165) is 19.4 Å². The van der Waals surface area contributed by atoms with Crippen LogP contribution in [0.4, 0.5) is 5.69 Å². The molecule has 1 heterocycles. The molecule has 0 unspecified atom stereocenters. The smallest absolute Gasteiger partial charge is 0.250 e. The first-order valence-electron chi connectivity index (χ1n) is 6.13. The van der Waals surface area contributed by atoms with Crippen LogP contribution in [0.3, 0.4) is 0 Å². The average molecular weight is 238 g/mol. The molecule has 0 fully saturated rings. The molecule has 0 saturated heterocycles. The van der Waals surface area contributed by atoms with Gasteiger partial charge in [-0.2, -0.15) is 0 Å². The summed E-state index contributed by atoms with van der Waals surface area (Å²) in [5.41, 5.74) is 6.23. The molecule has 1 aromatic heterocycles. The first kappa shape index (κ1) is 13.8. The summed E-state index contributed by atoms with van der Waals surface area (Å²) in [5.74, 6) is 0.673. The van der Waals surface area contributed by atoms with Crippen molar-refractivity contribution in [1.82, 2.24) is 4.57 Å². The Morgan fingerprint density at radius 3 is 2.82 bits per heavy atom. The molecule has 17 heavy (non-hydrogen) atoms. The number of aryl methyl sites for hydroxylation is 1. The van der Waals surface area contributed by atoms with Crippen molar-refractivity contribution in [3.63, 3.8) is 0 Å². The molecule has 0 aromatic carbocycles. The number of hydrogen-bond acceptors (Lipinski definition) is 3. The summed E-state index contributed by atoms with van der Waals surface area (Å²) in [6.45, 7) is 6.49. The van der Waals surface area contributed by atoms with Crippen molar-refractivity contribution in [1.29, 1.82) is 0 Å². The van der Waals surface area contributed by atoms with Gasteiger partial charge in [0.15, 0.2) is 0 Å². The molecule has 0 bridgehead atoms. The second kappa shape index (κ2) is 7.12. The lowest BCUT2D eigenvalue weighted by Gasteiger charge is -2.08. The van der Waals surface area contributed by atoms with Gasteiger partial charge in [-0.15, -0.1) is 0 Å². The molecular weight excluding hydrogens is 216 g/mol. The summed E-state index contributed by atoms with van der Waals surface area (Å²) >= 11 is 0. The van der Waals surface area contributed by atoms with E-state index in [1.807, 2.05) is 0 Å². The van der Waals surface area contributed by atoms with E-state index in [4.69, 9.17) is 10.5 Å². The third-order valence-electron chi connectivity index (χ3n) is 2.53. The van der Waals surface area contributed by atoms with E-state index < -0.39 is 0 Å². The molecule has 1 aromatic rings. The predicted molar refractivity (Wildman–Crippen MR) is 70.0 cm³/mol. The SMILES string of the molecule is CC(C)CCOCCCn1cc(N)ccc1=O. The molecule has 0 aliphatic carbocycles. The summed E-state index contributed by atoms with van der Waals surface area (Å²) in [7, 11) is 0. The molecule has 0 saturated carbocycles. The number of nitrogens with two attached hydrogens (primary N) is 1. The highest BCUT2D eigenvalue weighted by atomic mass is 16.5. The Labute approximate surface area is 102 Å². The minimum atomic E-state index is -0.0126. The Balaban J connectivity index is 2.22. The Hall–Kier alpha value is -1.29. The Morgan fingerprint density at radius 1 is 1.35 bits per heavy atom. The molecule has 4 heteroatoms. The molecule has 0 aliphatic rings. The van der Waals surface area contributed by atoms with E-state index in [2.05, 4.69) is 13.8 Å². The monoisotopic (exact) mass is 238 g/mol. The van der Waals surface area contributed by atoms with Crippen LogP contribution in [0.5, 0.6) is 0 Å². The first-order valence-corrected chi connectivity index (χ1v) is 6.13. The van der Waals surface area contributed by atoms with Gasteiger partial charge in [-0.1, -0.05) is 13.8 Å². The van der Waals surface area contributed by atoms with Crippen LogP contribution >= 0.6 is 0 Å². The van der Waals surface area contributed by atoms with Gasteiger partial charge >= 0.3 is 0 Å². The number of ether oxygens (including phenoxy) is 1. The highest BCUT2D eigenvalue weighted by Gasteiger charge is 1.97. The van der Waals surface area contributed by atoms with Crippen LogP contribution in [-0.2, 0) is 11.3 Å². The predicted octanol–water partition coefficient (Wildman–Crippen LogP) is 1.88. The fraction of sp³-hybridized carbons (Fsp3) is 0.615. The zero-order valence-electron chi connectivity index (χ0n) is 10.7. The number of pyridine rings is 1. The highest BCUT2D eigenvalue weighted by Crippen LogP contribution is 2.00. The maximum Gasteiger partial charge on any atom is 0.250 e. The highest BCUT2D eigenvalue weighted by molar-refractivity contribution is 5.33. The van der Waals surface area contributed by atoms with Crippen molar-refractivity contribution in [3.8, 4) is 0 Å². The van der Waals surface area contributed by atoms with Crippen molar-refractivity contribution in [3.05, 3.63) is 28.7 Å². The zero-order valence-corrected chi connectivity index (χ0v) is 10.7. The van der Waals surface area contributed by atoms with Crippen molar-refractivity contribution in [2.24, 2.45) is 5.92 Å². The van der Waals surface area contributed by atoms with Gasteiger partial charge < -0.3 is 15.0 Å². The van der Waals surface area contributed by atoms with E-state index in [1.54, 1.807) is 16.8 Å². The Bertz CT molecular complexity index is 385. The summed E-state index contributed by atoms with van der Waals surface area (Å²) < 4.78 is 7.12. The second-order valence-electron chi connectivity index (χ2n) is 4.64. The number of rotatable bonds is 7. The third kappa shape index (κ3) is 5.54. The molecule has 0 spiro atoms. The maximum atomic E-state index is 11.4. The second-order valence-corrected chi connectivity index (χ2v) is 4.64. The molecule has 1 rings (SSSR count).